The quantitative estimate of drug-likeness (QED) is 0.711. The summed E-state index contributed by atoms with van der Waals surface area (Å²) in [6.07, 6.45) is 7.45. The molecule has 0 bridgehead atoms. The summed E-state index contributed by atoms with van der Waals surface area (Å²) in [6, 6.07) is 9.48. The molecule has 2 heteroatoms. The van der Waals surface area contributed by atoms with Gasteiger partial charge in [0.05, 0.1) is 6.61 Å². The molecule has 2 aromatic carbocycles. The second-order valence-electron chi connectivity index (χ2n) is 6.13. The van der Waals surface area contributed by atoms with Gasteiger partial charge in [0.2, 0.25) is 0 Å². The van der Waals surface area contributed by atoms with Crippen LogP contribution in [-0.2, 0) is 6.61 Å². The van der Waals surface area contributed by atoms with Gasteiger partial charge in [0.25, 0.3) is 0 Å². The molecule has 0 saturated heterocycles. The number of hydrogen-bond donors (Lipinski definition) is 1. The maximum atomic E-state index is 9.56. The van der Waals surface area contributed by atoms with Crippen LogP contribution in [0.15, 0.2) is 30.3 Å². The average Bonchev–Trinajstić information content (AvgIpc) is 2.89. The summed E-state index contributed by atoms with van der Waals surface area (Å²) in [5, 5.41) is 11.5. The third-order valence-electron chi connectivity index (χ3n) is 3.91. The SMILES string of the molecule is C#CC#CC#CC#CC#CC#CC#CC#CC#CC#CC#COc1ccc2c(CO)c(C)ccc2c1. The van der Waals surface area contributed by atoms with Crippen molar-refractivity contribution in [2.24, 2.45) is 0 Å². The second-order valence-corrected chi connectivity index (χ2v) is 6.13. The Morgan fingerprint density at radius 1 is 0.639 bits per heavy atom. The summed E-state index contributed by atoms with van der Waals surface area (Å²) in [6.45, 7) is 1.95. The predicted molar refractivity (Wildman–Crippen MR) is 142 cm³/mol. The largest absolute Gasteiger partial charge is 0.407 e. The van der Waals surface area contributed by atoms with Gasteiger partial charge >= 0.3 is 0 Å². The molecule has 1 N–H and O–H groups in total. The van der Waals surface area contributed by atoms with Crippen LogP contribution in [0.3, 0.4) is 0 Å². The fourth-order valence-electron chi connectivity index (χ4n) is 2.43. The van der Waals surface area contributed by atoms with E-state index in [0.29, 0.717) is 5.75 Å². The molecule has 2 aromatic rings. The number of hydrogen-bond acceptors (Lipinski definition) is 2. The van der Waals surface area contributed by atoms with Gasteiger partial charge in [-0.1, -0.05) is 18.2 Å². The van der Waals surface area contributed by atoms with Crippen molar-refractivity contribution in [3.8, 4) is 137 Å². The van der Waals surface area contributed by atoms with E-state index in [1.165, 1.54) is 0 Å². The van der Waals surface area contributed by atoms with Crippen LogP contribution in [-0.4, -0.2) is 5.11 Å². The lowest BCUT2D eigenvalue weighted by atomic mass is 10.0. The van der Waals surface area contributed by atoms with Gasteiger partial charge in [-0.3, -0.25) is 0 Å². The van der Waals surface area contributed by atoms with Gasteiger partial charge < -0.3 is 9.84 Å². The lowest BCUT2D eigenvalue weighted by Gasteiger charge is -2.08. The molecule has 160 valence electrons. The lowest BCUT2D eigenvalue weighted by Crippen LogP contribution is -1.91. The predicted octanol–water partition coefficient (Wildman–Crippen LogP) is 2.64. The van der Waals surface area contributed by atoms with E-state index in [-0.39, 0.29) is 6.61 Å². The van der Waals surface area contributed by atoms with Crippen LogP contribution in [0.4, 0.5) is 0 Å². The normalized spacial score (nSPS) is 6.69. The molecule has 0 aliphatic rings. The molecule has 0 unspecified atom stereocenters. The number of aryl methyl sites for hydroxylation is 1. The van der Waals surface area contributed by atoms with E-state index in [9.17, 15) is 5.11 Å². The van der Waals surface area contributed by atoms with Crippen LogP contribution in [0.1, 0.15) is 11.1 Å². The Morgan fingerprint density at radius 2 is 1.11 bits per heavy atom. The molecule has 0 fully saturated rings. The maximum absolute atomic E-state index is 9.56. The molecule has 0 aliphatic heterocycles. The third-order valence-corrected chi connectivity index (χ3v) is 3.91. The molecule has 0 saturated carbocycles. The molecule has 0 atom stereocenters. The van der Waals surface area contributed by atoms with Crippen LogP contribution in [0.5, 0.6) is 5.75 Å². The van der Waals surface area contributed by atoms with Crippen molar-refractivity contribution in [1.29, 1.82) is 0 Å². The Hall–Kier alpha value is -6.38. The molecular weight excluding hydrogens is 440 g/mol. The van der Waals surface area contributed by atoms with Crippen LogP contribution in [0.2, 0.25) is 0 Å². The molecule has 2 rings (SSSR count). The average molecular weight is 452 g/mol. The number of aliphatic hydroxyl groups is 1. The smallest absolute Gasteiger partial charge is 0.140 e. The third kappa shape index (κ3) is 9.83. The van der Waals surface area contributed by atoms with E-state index >= 15 is 0 Å². The van der Waals surface area contributed by atoms with Crippen molar-refractivity contribution < 1.29 is 9.84 Å². The van der Waals surface area contributed by atoms with Crippen molar-refractivity contribution in [2.45, 2.75) is 13.5 Å². The van der Waals surface area contributed by atoms with Crippen LogP contribution < -0.4 is 4.74 Å². The minimum atomic E-state index is -0.0143. The topological polar surface area (TPSA) is 29.5 Å². The maximum Gasteiger partial charge on any atom is 0.140 e. The molecule has 0 amide bonds. The minimum Gasteiger partial charge on any atom is -0.407 e. The zero-order valence-electron chi connectivity index (χ0n) is 19.0. The summed E-state index contributed by atoms with van der Waals surface area (Å²) in [7, 11) is 0. The van der Waals surface area contributed by atoms with Crippen molar-refractivity contribution >= 4 is 10.8 Å². The monoisotopic (exact) mass is 452 g/mol. The minimum absolute atomic E-state index is 0.0143. The highest BCUT2D eigenvalue weighted by Gasteiger charge is 2.04. The van der Waals surface area contributed by atoms with Crippen molar-refractivity contribution in [3.63, 3.8) is 0 Å². The van der Waals surface area contributed by atoms with Gasteiger partial charge in [0.15, 0.2) is 0 Å². The van der Waals surface area contributed by atoms with Gasteiger partial charge in [-0.25, -0.2) is 0 Å². The summed E-state index contributed by atoms with van der Waals surface area (Å²) in [5.74, 6) is 50.1. The zero-order chi connectivity index (χ0) is 25.7. The Kier molecular flexibility index (Phi) is 11.7. The highest BCUT2D eigenvalue weighted by Crippen LogP contribution is 2.26. The van der Waals surface area contributed by atoms with Crippen molar-refractivity contribution in [2.75, 3.05) is 0 Å². The van der Waals surface area contributed by atoms with Crippen LogP contribution in [0.25, 0.3) is 10.8 Å². The van der Waals surface area contributed by atoms with E-state index in [2.05, 4.69) is 125 Å². The summed E-state index contributed by atoms with van der Waals surface area (Å²) in [4.78, 5) is 0. The van der Waals surface area contributed by atoms with Crippen molar-refractivity contribution in [3.05, 3.63) is 41.5 Å². The van der Waals surface area contributed by atoms with Gasteiger partial charge in [0.1, 0.15) is 11.9 Å². The van der Waals surface area contributed by atoms with E-state index in [1.54, 1.807) is 6.07 Å². The van der Waals surface area contributed by atoms with Gasteiger partial charge in [0, 0.05) is 71.0 Å². The van der Waals surface area contributed by atoms with E-state index in [4.69, 9.17) is 11.2 Å². The van der Waals surface area contributed by atoms with Crippen LogP contribution in [0, 0.1) is 138 Å². The summed E-state index contributed by atoms with van der Waals surface area (Å²) in [5.41, 5.74) is 1.94. The molecule has 2 nitrogen and oxygen atoms in total. The summed E-state index contributed by atoms with van der Waals surface area (Å²) >= 11 is 0. The highest BCUT2D eigenvalue weighted by atomic mass is 16.5. The molecule has 0 heterocycles. The first-order chi connectivity index (χ1) is 17.8. The molecule has 0 aromatic heterocycles. The lowest BCUT2D eigenvalue weighted by molar-refractivity contribution is 0.282. The number of fused-ring (bicyclic) bond motifs is 1. The van der Waals surface area contributed by atoms with Crippen molar-refractivity contribution in [1.82, 2.24) is 0 Å². The highest BCUT2D eigenvalue weighted by molar-refractivity contribution is 5.88. The number of ether oxygens (including phenoxy) is 1. The summed E-state index contributed by atoms with van der Waals surface area (Å²) < 4.78 is 5.39. The van der Waals surface area contributed by atoms with Crippen LogP contribution >= 0.6 is 0 Å². The first-order valence-electron chi connectivity index (χ1n) is 10.0. The Morgan fingerprint density at radius 3 is 1.58 bits per heavy atom. The number of rotatable bonds is 2. The fraction of sp³-hybridized carbons (Fsp3) is 0.0588. The molecule has 0 spiro atoms. The second kappa shape index (κ2) is 16.3. The number of aliphatic hydroxyl groups excluding tert-OH is 1. The Balaban J connectivity index is 1.83. The first kappa shape index (κ1) is 25.9. The zero-order valence-corrected chi connectivity index (χ0v) is 19.0. The number of benzene rings is 2. The van der Waals surface area contributed by atoms with Gasteiger partial charge in [-0.05, 0) is 88.3 Å². The molecular formula is C34H12O2. The van der Waals surface area contributed by atoms with Gasteiger partial charge in [-0.15, -0.1) is 6.42 Å². The molecule has 0 radical (unpaired) electrons. The molecule has 0 aliphatic carbocycles. The Bertz CT molecular complexity index is 1860. The van der Waals surface area contributed by atoms with E-state index in [1.807, 2.05) is 31.2 Å². The molecule has 36 heavy (non-hydrogen) atoms. The van der Waals surface area contributed by atoms with E-state index in [0.717, 1.165) is 21.9 Å². The fourth-order valence-corrected chi connectivity index (χ4v) is 2.43. The van der Waals surface area contributed by atoms with Gasteiger partial charge in [-0.2, -0.15) is 0 Å². The standard InChI is InChI=1S/C34H12O2/c1-3-4-5-6-7-8-9-10-11-12-13-14-15-16-17-18-19-20-21-22-27-36-32-25-26-33-31(28-32)24-23-30(2)34(33)29-35/h1,23-26,28,35H,29H2,2H3. The number of terminal acetylenes is 1. The first-order valence-corrected chi connectivity index (χ1v) is 10.0. The van der Waals surface area contributed by atoms with E-state index < -0.39 is 0 Å². The Labute approximate surface area is 212 Å².